The van der Waals surface area contributed by atoms with Gasteiger partial charge in [-0.25, -0.2) is 0 Å². The monoisotopic (exact) mass is 415 g/mol. The molecule has 5 rings (SSSR count). The summed E-state index contributed by atoms with van der Waals surface area (Å²) in [5, 5.41) is 9.76. The van der Waals surface area contributed by atoms with Crippen molar-refractivity contribution in [2.45, 2.75) is 5.92 Å². The van der Waals surface area contributed by atoms with E-state index in [4.69, 9.17) is 23.7 Å². The minimum atomic E-state index is -0.573. The van der Waals surface area contributed by atoms with E-state index in [0.717, 1.165) is 0 Å². The van der Waals surface area contributed by atoms with Gasteiger partial charge in [-0.3, -0.25) is 4.79 Å². The number of hydrogen-bond acceptors (Lipinski definition) is 7. The van der Waals surface area contributed by atoms with Gasteiger partial charge in [-0.15, -0.1) is 0 Å². The summed E-state index contributed by atoms with van der Waals surface area (Å²) >= 11 is 0. The first-order valence-electron chi connectivity index (χ1n) is 9.57. The van der Waals surface area contributed by atoms with Gasteiger partial charge >= 0.3 is 0 Å². The Morgan fingerprint density at radius 3 is 2.55 bits per heavy atom. The van der Waals surface area contributed by atoms with Crippen LogP contribution in [0, 0.1) is 11.3 Å². The van der Waals surface area contributed by atoms with E-state index in [9.17, 15) is 10.1 Å². The van der Waals surface area contributed by atoms with Crippen molar-refractivity contribution in [2.24, 2.45) is 5.73 Å². The number of carbonyl (C=O) groups excluding carboxylic acids is 1. The molecule has 0 aromatic carbocycles. The third-order valence-corrected chi connectivity index (χ3v) is 5.25. The van der Waals surface area contributed by atoms with Crippen LogP contribution in [0.5, 0.6) is 0 Å². The van der Waals surface area contributed by atoms with Gasteiger partial charge in [0.2, 0.25) is 5.88 Å². The molecule has 31 heavy (non-hydrogen) atoms. The molecular formula is C23H17N3O5. The molecule has 3 aromatic rings. The molecule has 0 saturated carbocycles. The number of rotatable bonds is 3. The first-order valence-corrected chi connectivity index (χ1v) is 9.57. The fraction of sp³-hybridized carbons (Fsp3) is 0.130. The van der Waals surface area contributed by atoms with E-state index in [1.54, 1.807) is 53.6 Å². The van der Waals surface area contributed by atoms with Gasteiger partial charge in [-0.2, -0.15) is 5.26 Å². The highest BCUT2D eigenvalue weighted by molar-refractivity contribution is 5.92. The molecule has 1 atom stereocenters. The lowest BCUT2D eigenvalue weighted by atomic mass is 9.83. The van der Waals surface area contributed by atoms with Crippen molar-refractivity contribution in [3.05, 3.63) is 101 Å². The van der Waals surface area contributed by atoms with Crippen LogP contribution >= 0.6 is 0 Å². The number of carbonyl (C=O) groups is 1. The summed E-state index contributed by atoms with van der Waals surface area (Å²) in [7, 11) is 0. The second-order valence-electron chi connectivity index (χ2n) is 7.12. The standard InChI is InChI=1S/C23H17N3O5/c24-11-16-20(18-5-2-8-29-18)17-13-26(23(27)19-6-3-9-30-19)12-14(21(17)31-22(16)25)10-15-4-1-7-28-15/h1-10,20H,12-13,25H2/b14-10+. The van der Waals surface area contributed by atoms with Crippen LogP contribution < -0.4 is 5.73 Å². The maximum atomic E-state index is 13.1. The number of nitrogens with two attached hydrogens (primary N) is 1. The van der Waals surface area contributed by atoms with Crippen LogP contribution in [0.25, 0.3) is 6.08 Å². The molecule has 2 N–H and O–H groups in total. The zero-order chi connectivity index (χ0) is 21.4. The number of hydrogen-bond donors (Lipinski definition) is 1. The fourth-order valence-corrected chi connectivity index (χ4v) is 3.90. The Balaban J connectivity index is 1.65. The molecule has 2 aliphatic rings. The Hall–Kier alpha value is -4.38. The number of furan rings is 3. The molecule has 0 bridgehead atoms. The normalized spacial score (nSPS) is 19.9. The largest absolute Gasteiger partial charge is 0.468 e. The fourth-order valence-electron chi connectivity index (χ4n) is 3.90. The average Bonchev–Trinajstić information content (AvgIpc) is 3.56. The van der Waals surface area contributed by atoms with Crippen molar-refractivity contribution in [3.63, 3.8) is 0 Å². The highest BCUT2D eigenvalue weighted by atomic mass is 16.5. The minimum Gasteiger partial charge on any atom is -0.468 e. The predicted molar refractivity (Wildman–Crippen MR) is 108 cm³/mol. The average molecular weight is 415 g/mol. The SMILES string of the molecule is N#CC1=C(N)OC2=C(CN(C(=O)c3ccco3)C/C2=C\c2ccco2)C1c1ccco1. The summed E-state index contributed by atoms with van der Waals surface area (Å²) in [4.78, 5) is 14.7. The zero-order valence-corrected chi connectivity index (χ0v) is 16.3. The topological polar surface area (TPSA) is 119 Å². The Bertz CT molecular complexity index is 1240. The van der Waals surface area contributed by atoms with Crippen molar-refractivity contribution in [1.29, 1.82) is 5.26 Å². The van der Waals surface area contributed by atoms with Crippen LogP contribution in [0.2, 0.25) is 0 Å². The van der Waals surface area contributed by atoms with Gasteiger partial charge < -0.3 is 28.6 Å². The van der Waals surface area contributed by atoms with Crippen molar-refractivity contribution < 1.29 is 22.8 Å². The molecule has 154 valence electrons. The molecule has 0 saturated heterocycles. The lowest BCUT2D eigenvalue weighted by Gasteiger charge is -2.37. The van der Waals surface area contributed by atoms with E-state index < -0.39 is 5.92 Å². The molecule has 8 heteroatoms. The first-order chi connectivity index (χ1) is 15.2. The van der Waals surface area contributed by atoms with Crippen molar-refractivity contribution in [2.75, 3.05) is 13.1 Å². The summed E-state index contributed by atoms with van der Waals surface area (Å²) in [6, 6.07) is 12.5. The Kier molecular flexibility index (Phi) is 4.49. The number of allylic oxidation sites excluding steroid dienone is 1. The van der Waals surface area contributed by atoms with Crippen LogP contribution in [-0.2, 0) is 4.74 Å². The van der Waals surface area contributed by atoms with Gasteiger partial charge in [0.1, 0.15) is 28.9 Å². The van der Waals surface area contributed by atoms with Crippen molar-refractivity contribution in [1.82, 2.24) is 4.90 Å². The second kappa shape index (κ2) is 7.46. The van der Waals surface area contributed by atoms with E-state index >= 15 is 0 Å². The minimum absolute atomic E-state index is 0.0128. The molecule has 5 heterocycles. The smallest absolute Gasteiger partial charge is 0.290 e. The third-order valence-electron chi connectivity index (χ3n) is 5.25. The molecule has 0 fully saturated rings. The van der Waals surface area contributed by atoms with E-state index in [2.05, 4.69) is 6.07 Å². The highest BCUT2D eigenvalue weighted by Gasteiger charge is 2.40. The lowest BCUT2D eigenvalue weighted by Crippen LogP contribution is -2.41. The molecule has 0 spiro atoms. The third kappa shape index (κ3) is 3.22. The van der Waals surface area contributed by atoms with Gasteiger partial charge in [0.25, 0.3) is 5.91 Å². The summed E-state index contributed by atoms with van der Waals surface area (Å²) in [6.45, 7) is 0.466. The van der Waals surface area contributed by atoms with Gasteiger partial charge in [-0.1, -0.05) is 0 Å². The number of nitrogens with zero attached hydrogens (tertiary/aromatic N) is 2. The van der Waals surface area contributed by atoms with Gasteiger partial charge in [-0.05, 0) is 42.5 Å². The van der Waals surface area contributed by atoms with E-state index in [1.165, 1.54) is 12.5 Å². The van der Waals surface area contributed by atoms with Crippen LogP contribution in [0.15, 0.2) is 96.8 Å². The second-order valence-corrected chi connectivity index (χ2v) is 7.12. The maximum Gasteiger partial charge on any atom is 0.290 e. The van der Waals surface area contributed by atoms with E-state index in [1.807, 2.05) is 0 Å². The van der Waals surface area contributed by atoms with Gasteiger partial charge in [0.05, 0.1) is 31.3 Å². The number of ether oxygens (including phenoxy) is 1. The summed E-state index contributed by atoms with van der Waals surface area (Å²) in [5.74, 6) is 1.04. The van der Waals surface area contributed by atoms with Crippen LogP contribution in [0.4, 0.5) is 0 Å². The molecule has 0 radical (unpaired) electrons. The molecule has 8 nitrogen and oxygen atoms in total. The summed E-state index contributed by atoms with van der Waals surface area (Å²) in [6.07, 6.45) is 6.34. The van der Waals surface area contributed by atoms with Crippen LogP contribution in [-0.4, -0.2) is 23.9 Å². The Morgan fingerprint density at radius 2 is 1.87 bits per heavy atom. The maximum absolute atomic E-state index is 13.1. The molecule has 0 aliphatic carbocycles. The molecule has 1 unspecified atom stereocenters. The Morgan fingerprint density at radius 1 is 1.10 bits per heavy atom. The van der Waals surface area contributed by atoms with Gasteiger partial charge in [0.15, 0.2) is 5.76 Å². The van der Waals surface area contributed by atoms with E-state index in [0.29, 0.717) is 28.4 Å². The van der Waals surface area contributed by atoms with Crippen LogP contribution in [0.1, 0.15) is 28.0 Å². The Labute approximate surface area is 177 Å². The van der Waals surface area contributed by atoms with Crippen molar-refractivity contribution >= 4 is 12.0 Å². The molecular weight excluding hydrogens is 398 g/mol. The first kappa shape index (κ1) is 18.6. The number of nitriles is 1. The molecule has 1 amide bonds. The highest BCUT2D eigenvalue weighted by Crippen LogP contribution is 2.44. The van der Waals surface area contributed by atoms with E-state index in [-0.39, 0.29) is 36.2 Å². The molecule has 2 aliphatic heterocycles. The zero-order valence-electron chi connectivity index (χ0n) is 16.3. The predicted octanol–water partition coefficient (Wildman–Crippen LogP) is 3.77. The lowest BCUT2D eigenvalue weighted by molar-refractivity contribution is 0.0735. The van der Waals surface area contributed by atoms with Crippen LogP contribution in [0.3, 0.4) is 0 Å². The summed E-state index contributed by atoms with van der Waals surface area (Å²) in [5.41, 5.74) is 7.73. The quantitative estimate of drug-likeness (QED) is 0.691. The molecule has 3 aromatic heterocycles. The number of amides is 1. The van der Waals surface area contributed by atoms with Crippen molar-refractivity contribution in [3.8, 4) is 6.07 Å². The van der Waals surface area contributed by atoms with Gasteiger partial charge in [0, 0.05) is 17.7 Å². The summed E-state index contributed by atoms with van der Waals surface area (Å²) < 4.78 is 22.3.